The van der Waals surface area contributed by atoms with E-state index in [2.05, 4.69) is 10.1 Å². The summed E-state index contributed by atoms with van der Waals surface area (Å²) in [7, 11) is -7.24. The molecule has 3 aromatic rings. The quantitative estimate of drug-likeness (QED) is 0.569. The van der Waals surface area contributed by atoms with Crippen molar-refractivity contribution in [2.24, 2.45) is 0 Å². The zero-order valence-electron chi connectivity index (χ0n) is 14.6. The summed E-state index contributed by atoms with van der Waals surface area (Å²) in [6, 6.07) is 8.81. The Balaban J connectivity index is 1.84. The first-order valence-electron chi connectivity index (χ1n) is 7.88. The van der Waals surface area contributed by atoms with E-state index in [4.69, 9.17) is 4.52 Å². The Hall–Kier alpha value is -2.08. The molecule has 0 atom stereocenters. The molecule has 8 nitrogen and oxygen atoms in total. The first kappa shape index (κ1) is 19.7. The molecule has 11 heteroatoms. The molecule has 0 N–H and O–H groups in total. The summed E-state index contributed by atoms with van der Waals surface area (Å²) in [5.74, 6) is 0.586. The minimum absolute atomic E-state index is 0.00487. The van der Waals surface area contributed by atoms with Crippen LogP contribution >= 0.6 is 11.3 Å². The molecule has 0 aliphatic heterocycles. The number of hydrogen-bond donors (Lipinski definition) is 0. The van der Waals surface area contributed by atoms with Gasteiger partial charge in [0.25, 0.3) is 0 Å². The number of hydrogen-bond acceptors (Lipinski definition) is 8. The lowest BCUT2D eigenvalue weighted by molar-refractivity contribution is 0.321. The minimum Gasteiger partial charge on any atom is -0.337 e. The van der Waals surface area contributed by atoms with E-state index < -0.39 is 19.9 Å². The third-order valence-electron chi connectivity index (χ3n) is 3.76. The van der Waals surface area contributed by atoms with Crippen molar-refractivity contribution in [2.75, 3.05) is 12.8 Å². The maximum atomic E-state index is 12.9. The molecule has 0 saturated heterocycles. The van der Waals surface area contributed by atoms with Gasteiger partial charge in [-0.1, -0.05) is 18.1 Å². The molecular formula is C16H17N3O5S3. The fraction of sp³-hybridized carbons (Fsp3) is 0.250. The molecule has 0 amide bonds. The van der Waals surface area contributed by atoms with Crippen molar-refractivity contribution in [2.45, 2.75) is 23.3 Å². The lowest BCUT2D eigenvalue weighted by Gasteiger charge is -2.18. The molecule has 0 aliphatic carbocycles. The number of aromatic nitrogens is 2. The number of nitrogens with zero attached hydrogens (tertiary/aromatic N) is 3. The molecule has 0 aliphatic rings. The Labute approximate surface area is 161 Å². The van der Waals surface area contributed by atoms with Crippen molar-refractivity contribution in [3.63, 3.8) is 0 Å². The molecule has 0 spiro atoms. The highest BCUT2D eigenvalue weighted by atomic mass is 32.2. The first-order chi connectivity index (χ1) is 12.7. The van der Waals surface area contributed by atoms with Gasteiger partial charge in [0.05, 0.1) is 21.2 Å². The van der Waals surface area contributed by atoms with Crippen molar-refractivity contribution in [1.82, 2.24) is 14.4 Å². The Morgan fingerprint density at radius 2 is 1.74 bits per heavy atom. The van der Waals surface area contributed by atoms with E-state index in [9.17, 15) is 16.8 Å². The van der Waals surface area contributed by atoms with Crippen molar-refractivity contribution in [1.29, 1.82) is 0 Å². The first-order valence-corrected chi connectivity index (χ1v) is 12.1. The standard InChI is InChI=1S/C16H17N3O5S3/c1-3-19(11-15-17-16(18-24-15)14-5-4-10-25-14)27(22,23)13-8-6-12(7-9-13)26(2,20)21/h4-10H,3,11H2,1-2H3. The molecule has 0 saturated carbocycles. The van der Waals surface area contributed by atoms with Gasteiger partial charge in [0.2, 0.25) is 21.7 Å². The van der Waals surface area contributed by atoms with Gasteiger partial charge in [-0.15, -0.1) is 11.3 Å². The van der Waals surface area contributed by atoms with Crippen LogP contribution in [0.15, 0.2) is 56.1 Å². The summed E-state index contributed by atoms with van der Waals surface area (Å²) in [5, 5.41) is 5.76. The van der Waals surface area contributed by atoms with Crippen molar-refractivity contribution < 1.29 is 21.4 Å². The molecule has 144 valence electrons. The summed E-state index contributed by atoms with van der Waals surface area (Å²) in [6.45, 7) is 1.80. The maximum absolute atomic E-state index is 12.9. The number of rotatable bonds is 7. The largest absolute Gasteiger partial charge is 0.337 e. The molecule has 1 aromatic carbocycles. The number of sulfone groups is 1. The van der Waals surface area contributed by atoms with E-state index in [1.807, 2.05) is 17.5 Å². The molecule has 0 bridgehead atoms. The second kappa shape index (κ2) is 7.50. The summed E-state index contributed by atoms with van der Waals surface area (Å²) < 4.78 is 55.1. The van der Waals surface area contributed by atoms with Gasteiger partial charge < -0.3 is 4.52 Å². The Morgan fingerprint density at radius 1 is 1.07 bits per heavy atom. The van der Waals surface area contributed by atoms with Crippen LogP contribution in [0.2, 0.25) is 0 Å². The molecule has 27 heavy (non-hydrogen) atoms. The molecule has 2 aromatic heterocycles. The minimum atomic E-state index is -3.84. The van der Waals surface area contributed by atoms with E-state index in [1.165, 1.54) is 39.9 Å². The van der Waals surface area contributed by atoms with Crippen molar-refractivity contribution in [3.8, 4) is 10.7 Å². The van der Waals surface area contributed by atoms with Gasteiger partial charge in [-0.25, -0.2) is 16.8 Å². The third-order valence-corrected chi connectivity index (χ3v) is 7.69. The van der Waals surface area contributed by atoms with Crippen LogP contribution in [0.25, 0.3) is 10.7 Å². The SMILES string of the molecule is CCN(Cc1nc(-c2cccs2)no1)S(=O)(=O)c1ccc(S(C)(=O)=O)cc1. The van der Waals surface area contributed by atoms with Crippen LogP contribution in [-0.2, 0) is 26.4 Å². The van der Waals surface area contributed by atoms with Gasteiger partial charge in [-0.05, 0) is 35.7 Å². The number of thiophene rings is 1. The van der Waals surface area contributed by atoms with Crippen LogP contribution in [-0.4, -0.2) is 44.1 Å². The predicted molar refractivity (Wildman–Crippen MR) is 100 cm³/mol. The van der Waals surface area contributed by atoms with Crippen LogP contribution in [0.1, 0.15) is 12.8 Å². The van der Waals surface area contributed by atoms with Gasteiger partial charge in [0.15, 0.2) is 9.84 Å². The van der Waals surface area contributed by atoms with E-state index >= 15 is 0 Å². The Kier molecular flexibility index (Phi) is 5.47. The zero-order valence-corrected chi connectivity index (χ0v) is 17.0. The summed E-state index contributed by atoms with van der Waals surface area (Å²) >= 11 is 1.45. The highest BCUT2D eigenvalue weighted by Crippen LogP contribution is 2.23. The lowest BCUT2D eigenvalue weighted by atomic mass is 10.4. The average molecular weight is 428 g/mol. The summed E-state index contributed by atoms with van der Waals surface area (Å²) in [6.07, 6.45) is 1.07. The second-order valence-electron chi connectivity index (χ2n) is 5.66. The molecule has 2 heterocycles. The van der Waals surface area contributed by atoms with Crippen LogP contribution in [0.3, 0.4) is 0 Å². The van der Waals surface area contributed by atoms with E-state index in [-0.39, 0.29) is 28.8 Å². The molecule has 0 fully saturated rings. The highest BCUT2D eigenvalue weighted by Gasteiger charge is 2.26. The number of benzene rings is 1. The van der Waals surface area contributed by atoms with E-state index in [0.717, 1.165) is 11.1 Å². The molecule has 0 unspecified atom stereocenters. The topological polar surface area (TPSA) is 110 Å². The maximum Gasteiger partial charge on any atom is 0.243 e. The van der Waals surface area contributed by atoms with Crippen LogP contribution < -0.4 is 0 Å². The molecule has 0 radical (unpaired) electrons. The monoisotopic (exact) mass is 427 g/mol. The van der Waals surface area contributed by atoms with Gasteiger partial charge >= 0.3 is 0 Å². The van der Waals surface area contributed by atoms with Crippen molar-refractivity contribution >= 4 is 31.2 Å². The van der Waals surface area contributed by atoms with Gasteiger partial charge in [0, 0.05) is 12.8 Å². The zero-order chi connectivity index (χ0) is 19.7. The van der Waals surface area contributed by atoms with Gasteiger partial charge in [0.1, 0.15) is 0 Å². The highest BCUT2D eigenvalue weighted by molar-refractivity contribution is 7.90. The lowest BCUT2D eigenvalue weighted by Crippen LogP contribution is -2.30. The van der Waals surface area contributed by atoms with Crippen LogP contribution in [0, 0.1) is 0 Å². The fourth-order valence-corrected chi connectivity index (χ4v) is 5.03. The number of sulfonamides is 1. The third kappa shape index (κ3) is 4.26. The average Bonchev–Trinajstić information content (AvgIpc) is 3.30. The van der Waals surface area contributed by atoms with Gasteiger partial charge in [-0.2, -0.15) is 9.29 Å². The van der Waals surface area contributed by atoms with Crippen LogP contribution in [0.5, 0.6) is 0 Å². The molecular weight excluding hydrogens is 410 g/mol. The van der Waals surface area contributed by atoms with Crippen LogP contribution in [0.4, 0.5) is 0 Å². The summed E-state index contributed by atoms with van der Waals surface area (Å²) in [5.41, 5.74) is 0. The molecule has 3 rings (SSSR count). The normalized spacial score (nSPS) is 12.6. The van der Waals surface area contributed by atoms with E-state index in [1.54, 1.807) is 6.92 Å². The van der Waals surface area contributed by atoms with E-state index in [0.29, 0.717) is 5.82 Å². The second-order valence-corrected chi connectivity index (χ2v) is 10.6. The predicted octanol–water partition coefficient (Wildman–Crippen LogP) is 2.41. The van der Waals surface area contributed by atoms with Gasteiger partial charge in [-0.3, -0.25) is 0 Å². The smallest absolute Gasteiger partial charge is 0.243 e. The Morgan fingerprint density at radius 3 is 2.30 bits per heavy atom. The van der Waals surface area contributed by atoms with Crippen molar-refractivity contribution in [3.05, 3.63) is 47.7 Å². The summed E-state index contributed by atoms with van der Waals surface area (Å²) in [4.78, 5) is 5.12. The Bertz CT molecular complexity index is 1120. The fourth-order valence-electron chi connectivity index (χ4n) is 2.35.